The summed E-state index contributed by atoms with van der Waals surface area (Å²) in [4.78, 5) is 0. The minimum Gasteiger partial charge on any atom is -0.0885 e. The van der Waals surface area contributed by atoms with Crippen molar-refractivity contribution in [3.63, 3.8) is 0 Å². The largest absolute Gasteiger partial charge is 0.0885 e. The fourth-order valence-electron chi connectivity index (χ4n) is 3.27. The number of unbranched alkanes of at least 4 members (excludes halogenated alkanes) is 10. The number of hydrogen-bond donors (Lipinski definition) is 0. The highest BCUT2D eigenvalue weighted by molar-refractivity contribution is 4.84. The van der Waals surface area contributed by atoms with E-state index in [1.165, 1.54) is 103 Å². The summed E-state index contributed by atoms with van der Waals surface area (Å²) in [6.45, 7) is 6.92. The quantitative estimate of drug-likeness (QED) is 0.187. The van der Waals surface area contributed by atoms with E-state index in [0.717, 1.165) is 5.92 Å². The highest BCUT2D eigenvalue weighted by atomic mass is 14.1. The fourth-order valence-corrected chi connectivity index (χ4v) is 3.27. The van der Waals surface area contributed by atoms with E-state index in [-0.39, 0.29) is 0 Å². The van der Waals surface area contributed by atoms with E-state index < -0.39 is 0 Å². The third kappa shape index (κ3) is 16.1. The molecule has 0 fully saturated rings. The van der Waals surface area contributed by atoms with Crippen LogP contribution < -0.4 is 0 Å². The molecule has 0 aromatic rings. The number of rotatable bonds is 17. The predicted octanol–water partition coefficient (Wildman–Crippen LogP) is 8.46. The van der Waals surface area contributed by atoms with Gasteiger partial charge in [0.25, 0.3) is 0 Å². The SMILES string of the molecule is CCCCC/C=C/CC(CCC)CCCCCCCCCC. The van der Waals surface area contributed by atoms with E-state index in [9.17, 15) is 0 Å². The number of allylic oxidation sites excluding steroid dienone is 2. The van der Waals surface area contributed by atoms with E-state index in [0.29, 0.717) is 0 Å². The Labute approximate surface area is 142 Å². The third-order valence-electron chi connectivity index (χ3n) is 4.77. The van der Waals surface area contributed by atoms with E-state index in [1.807, 2.05) is 0 Å². The molecule has 0 aliphatic rings. The lowest BCUT2D eigenvalue weighted by molar-refractivity contribution is 0.422. The van der Waals surface area contributed by atoms with Crippen LogP contribution in [0.2, 0.25) is 0 Å². The topological polar surface area (TPSA) is 0 Å². The van der Waals surface area contributed by atoms with Crippen molar-refractivity contribution in [1.29, 1.82) is 0 Å². The Morgan fingerprint density at radius 1 is 0.545 bits per heavy atom. The zero-order valence-electron chi connectivity index (χ0n) is 16.0. The van der Waals surface area contributed by atoms with Crippen molar-refractivity contribution in [2.24, 2.45) is 5.92 Å². The summed E-state index contributed by atoms with van der Waals surface area (Å²) in [5.41, 5.74) is 0. The molecular formula is C22H44. The summed E-state index contributed by atoms with van der Waals surface area (Å²) < 4.78 is 0. The normalized spacial score (nSPS) is 13.0. The molecule has 132 valence electrons. The molecule has 0 N–H and O–H groups in total. The second kappa shape index (κ2) is 18.8. The van der Waals surface area contributed by atoms with Gasteiger partial charge in [0.05, 0.1) is 0 Å². The van der Waals surface area contributed by atoms with Crippen LogP contribution in [0.15, 0.2) is 12.2 Å². The van der Waals surface area contributed by atoms with E-state index in [2.05, 4.69) is 32.9 Å². The smallest absolute Gasteiger partial charge is 0.0322 e. The van der Waals surface area contributed by atoms with Crippen LogP contribution in [0.1, 0.15) is 124 Å². The Hall–Kier alpha value is -0.260. The summed E-state index contributed by atoms with van der Waals surface area (Å²) in [5.74, 6) is 0.951. The predicted molar refractivity (Wildman–Crippen MR) is 104 cm³/mol. The van der Waals surface area contributed by atoms with Gasteiger partial charge in [0.15, 0.2) is 0 Å². The Kier molecular flexibility index (Phi) is 18.6. The van der Waals surface area contributed by atoms with Gasteiger partial charge in [0.1, 0.15) is 0 Å². The maximum atomic E-state index is 2.47. The molecule has 0 saturated heterocycles. The monoisotopic (exact) mass is 308 g/mol. The van der Waals surface area contributed by atoms with Crippen LogP contribution in [0, 0.1) is 5.92 Å². The molecule has 0 amide bonds. The zero-order valence-corrected chi connectivity index (χ0v) is 16.0. The van der Waals surface area contributed by atoms with Crippen LogP contribution in [-0.4, -0.2) is 0 Å². The molecule has 22 heavy (non-hydrogen) atoms. The van der Waals surface area contributed by atoms with Crippen molar-refractivity contribution in [2.75, 3.05) is 0 Å². The van der Waals surface area contributed by atoms with Gasteiger partial charge in [-0.1, -0.05) is 116 Å². The molecule has 0 rings (SSSR count). The maximum Gasteiger partial charge on any atom is -0.0322 e. The molecule has 0 spiro atoms. The van der Waals surface area contributed by atoms with Gasteiger partial charge in [-0.3, -0.25) is 0 Å². The Morgan fingerprint density at radius 2 is 1.14 bits per heavy atom. The molecular weight excluding hydrogens is 264 g/mol. The fraction of sp³-hybridized carbons (Fsp3) is 0.909. The Morgan fingerprint density at radius 3 is 1.77 bits per heavy atom. The molecule has 0 aromatic heterocycles. The van der Waals surface area contributed by atoms with Gasteiger partial charge in [0.2, 0.25) is 0 Å². The van der Waals surface area contributed by atoms with Gasteiger partial charge in [0, 0.05) is 0 Å². The third-order valence-corrected chi connectivity index (χ3v) is 4.77. The van der Waals surface area contributed by atoms with E-state index >= 15 is 0 Å². The standard InChI is InChI=1S/C22H44/c1-4-7-9-11-13-14-16-18-21-22(19-6-3)20-17-15-12-10-8-5-2/h15,17,22H,4-14,16,18-21H2,1-3H3/b17-15+. The Bertz CT molecular complexity index is 216. The number of hydrogen-bond acceptors (Lipinski definition) is 0. The summed E-state index contributed by atoms with van der Waals surface area (Å²) in [6, 6.07) is 0. The van der Waals surface area contributed by atoms with Gasteiger partial charge in [-0.15, -0.1) is 0 Å². The molecule has 0 saturated carbocycles. The lowest BCUT2D eigenvalue weighted by Crippen LogP contribution is -1.99. The van der Waals surface area contributed by atoms with Gasteiger partial charge in [-0.2, -0.15) is 0 Å². The lowest BCUT2D eigenvalue weighted by Gasteiger charge is -2.13. The molecule has 0 aromatic carbocycles. The molecule has 0 radical (unpaired) electrons. The molecule has 0 heteroatoms. The van der Waals surface area contributed by atoms with Crippen LogP contribution in [0.3, 0.4) is 0 Å². The second-order valence-corrected chi connectivity index (χ2v) is 7.12. The van der Waals surface area contributed by atoms with Gasteiger partial charge < -0.3 is 0 Å². The first-order chi connectivity index (χ1) is 10.8. The summed E-state index contributed by atoms with van der Waals surface area (Å²) in [7, 11) is 0. The van der Waals surface area contributed by atoms with Crippen LogP contribution in [0.5, 0.6) is 0 Å². The van der Waals surface area contributed by atoms with Crippen LogP contribution >= 0.6 is 0 Å². The minimum atomic E-state index is 0.951. The molecule has 1 atom stereocenters. The highest BCUT2D eigenvalue weighted by Gasteiger charge is 2.05. The summed E-state index contributed by atoms with van der Waals surface area (Å²) in [5, 5.41) is 0. The zero-order chi connectivity index (χ0) is 16.3. The molecule has 1 unspecified atom stereocenters. The van der Waals surface area contributed by atoms with Crippen molar-refractivity contribution >= 4 is 0 Å². The van der Waals surface area contributed by atoms with Crippen molar-refractivity contribution in [3.8, 4) is 0 Å². The molecule has 0 aliphatic heterocycles. The second-order valence-electron chi connectivity index (χ2n) is 7.12. The first-order valence-corrected chi connectivity index (χ1v) is 10.5. The average molecular weight is 309 g/mol. The average Bonchev–Trinajstić information content (AvgIpc) is 2.53. The van der Waals surface area contributed by atoms with Gasteiger partial charge in [-0.05, 0) is 25.2 Å². The lowest BCUT2D eigenvalue weighted by atomic mass is 9.92. The minimum absolute atomic E-state index is 0.951. The highest BCUT2D eigenvalue weighted by Crippen LogP contribution is 2.21. The van der Waals surface area contributed by atoms with Gasteiger partial charge in [-0.25, -0.2) is 0 Å². The van der Waals surface area contributed by atoms with Crippen LogP contribution in [0.25, 0.3) is 0 Å². The summed E-state index contributed by atoms with van der Waals surface area (Å²) >= 11 is 0. The van der Waals surface area contributed by atoms with Crippen molar-refractivity contribution in [1.82, 2.24) is 0 Å². The summed E-state index contributed by atoms with van der Waals surface area (Å²) in [6.07, 6.45) is 27.5. The van der Waals surface area contributed by atoms with E-state index in [4.69, 9.17) is 0 Å². The van der Waals surface area contributed by atoms with Crippen molar-refractivity contribution in [2.45, 2.75) is 124 Å². The van der Waals surface area contributed by atoms with Crippen LogP contribution in [0.4, 0.5) is 0 Å². The van der Waals surface area contributed by atoms with Crippen LogP contribution in [-0.2, 0) is 0 Å². The van der Waals surface area contributed by atoms with Crippen molar-refractivity contribution in [3.05, 3.63) is 12.2 Å². The van der Waals surface area contributed by atoms with Gasteiger partial charge >= 0.3 is 0 Å². The molecule has 0 bridgehead atoms. The first kappa shape index (κ1) is 21.7. The van der Waals surface area contributed by atoms with E-state index in [1.54, 1.807) is 0 Å². The molecule has 0 heterocycles. The van der Waals surface area contributed by atoms with Crippen molar-refractivity contribution < 1.29 is 0 Å². The molecule has 0 aliphatic carbocycles. The maximum absolute atomic E-state index is 2.47. The first-order valence-electron chi connectivity index (χ1n) is 10.5. The molecule has 0 nitrogen and oxygen atoms in total. The Balaban J connectivity index is 3.54.